The summed E-state index contributed by atoms with van der Waals surface area (Å²) in [6.45, 7) is 0.662. The number of methoxy groups -OCH3 is 3. The molecule has 0 aromatic heterocycles. The smallest absolute Gasteiger partial charge is 0.246 e. The van der Waals surface area contributed by atoms with Crippen LogP contribution >= 0.6 is 0 Å². The van der Waals surface area contributed by atoms with E-state index in [4.69, 9.17) is 14.2 Å². The number of nitrogens with one attached hydrogen (secondary N) is 1. The highest BCUT2D eigenvalue weighted by Crippen LogP contribution is 2.46. The van der Waals surface area contributed by atoms with Crippen LogP contribution in [0.2, 0.25) is 0 Å². The molecule has 0 atom stereocenters. The molecular formula is C13H15N3O4. The fourth-order valence-electron chi connectivity index (χ4n) is 2.52. The summed E-state index contributed by atoms with van der Waals surface area (Å²) in [5.41, 5.74) is 1.73. The normalized spacial score (nSPS) is 16.1. The first kappa shape index (κ1) is 12.6. The molecule has 0 saturated carbocycles. The van der Waals surface area contributed by atoms with E-state index < -0.39 is 0 Å². The molecule has 0 radical (unpaired) electrons. The van der Waals surface area contributed by atoms with Gasteiger partial charge < -0.3 is 19.1 Å². The predicted molar refractivity (Wildman–Crippen MR) is 72.7 cm³/mol. The quantitative estimate of drug-likeness (QED) is 0.872. The van der Waals surface area contributed by atoms with Gasteiger partial charge in [-0.1, -0.05) is 0 Å². The minimum Gasteiger partial charge on any atom is -0.493 e. The Hall–Kier alpha value is -2.44. The number of carbonyl (C=O) groups excluding carboxylic acids is 1. The number of rotatable bonds is 3. The Morgan fingerprint density at radius 2 is 1.95 bits per heavy atom. The monoisotopic (exact) mass is 277 g/mol. The van der Waals surface area contributed by atoms with Crippen molar-refractivity contribution in [3.8, 4) is 17.2 Å². The maximum Gasteiger partial charge on any atom is 0.246 e. The molecule has 7 heteroatoms. The van der Waals surface area contributed by atoms with Gasteiger partial charge in [-0.2, -0.15) is 0 Å². The van der Waals surface area contributed by atoms with Gasteiger partial charge in [0.1, 0.15) is 6.54 Å². The summed E-state index contributed by atoms with van der Waals surface area (Å²) in [5.74, 6) is 2.17. The molecule has 2 aliphatic heterocycles. The Morgan fingerprint density at radius 1 is 1.20 bits per heavy atom. The lowest BCUT2D eigenvalue weighted by atomic mass is 10.1. The number of guanidine groups is 1. The SMILES string of the molecule is COc1cc2c(c(OC)c1OC)CN=C1NC(=O)CN12. The number of hydrogen-bond donors (Lipinski definition) is 1. The van der Waals surface area contributed by atoms with Crippen molar-refractivity contribution in [2.24, 2.45) is 4.99 Å². The van der Waals surface area contributed by atoms with Crippen molar-refractivity contribution in [1.82, 2.24) is 5.32 Å². The fraction of sp³-hybridized carbons (Fsp3) is 0.385. The van der Waals surface area contributed by atoms with E-state index in [1.807, 2.05) is 11.0 Å². The molecule has 1 fully saturated rings. The molecule has 0 unspecified atom stereocenters. The first-order valence-electron chi connectivity index (χ1n) is 6.13. The van der Waals surface area contributed by atoms with Crippen LogP contribution in [0.4, 0.5) is 5.69 Å². The van der Waals surface area contributed by atoms with E-state index in [9.17, 15) is 4.79 Å². The second kappa shape index (κ2) is 4.59. The van der Waals surface area contributed by atoms with Crippen molar-refractivity contribution >= 4 is 17.6 Å². The topological polar surface area (TPSA) is 72.4 Å². The Morgan fingerprint density at radius 3 is 2.60 bits per heavy atom. The summed E-state index contributed by atoms with van der Waals surface area (Å²) in [6, 6.07) is 1.84. The predicted octanol–water partition coefficient (Wildman–Crippen LogP) is 0.518. The average molecular weight is 277 g/mol. The number of fused-ring (bicyclic) bond motifs is 3. The summed E-state index contributed by atoms with van der Waals surface area (Å²) < 4.78 is 16.1. The van der Waals surface area contributed by atoms with Gasteiger partial charge >= 0.3 is 0 Å². The molecule has 1 amide bonds. The van der Waals surface area contributed by atoms with Crippen LogP contribution in [0.15, 0.2) is 11.1 Å². The van der Waals surface area contributed by atoms with Gasteiger partial charge in [-0.3, -0.25) is 10.1 Å². The van der Waals surface area contributed by atoms with E-state index in [1.54, 1.807) is 21.3 Å². The molecule has 2 aliphatic rings. The van der Waals surface area contributed by atoms with Gasteiger partial charge in [0.15, 0.2) is 11.5 Å². The molecule has 20 heavy (non-hydrogen) atoms. The van der Waals surface area contributed by atoms with Gasteiger partial charge in [-0.05, 0) is 0 Å². The van der Waals surface area contributed by atoms with Crippen LogP contribution in [0.1, 0.15) is 5.56 Å². The zero-order valence-corrected chi connectivity index (χ0v) is 11.5. The van der Waals surface area contributed by atoms with Crippen LogP contribution in [-0.2, 0) is 11.3 Å². The minimum absolute atomic E-state index is 0.0784. The fourth-order valence-corrected chi connectivity index (χ4v) is 2.52. The lowest BCUT2D eigenvalue weighted by Crippen LogP contribution is -2.33. The van der Waals surface area contributed by atoms with Crippen LogP contribution < -0.4 is 24.4 Å². The van der Waals surface area contributed by atoms with Crippen molar-refractivity contribution < 1.29 is 19.0 Å². The average Bonchev–Trinajstić information content (AvgIpc) is 2.85. The van der Waals surface area contributed by atoms with Crippen molar-refractivity contribution in [3.05, 3.63) is 11.6 Å². The number of amides is 1. The van der Waals surface area contributed by atoms with Gasteiger partial charge in [0.25, 0.3) is 0 Å². The third-order valence-corrected chi connectivity index (χ3v) is 3.40. The molecule has 3 rings (SSSR count). The van der Waals surface area contributed by atoms with Gasteiger partial charge in [0, 0.05) is 11.6 Å². The number of aliphatic imine (C=N–C) groups is 1. The highest BCUT2D eigenvalue weighted by Gasteiger charge is 2.34. The lowest BCUT2D eigenvalue weighted by molar-refractivity contribution is -0.117. The van der Waals surface area contributed by atoms with E-state index in [0.29, 0.717) is 29.8 Å². The van der Waals surface area contributed by atoms with Crippen molar-refractivity contribution in [1.29, 1.82) is 0 Å². The van der Waals surface area contributed by atoms with Crippen molar-refractivity contribution in [3.63, 3.8) is 0 Å². The third kappa shape index (κ3) is 1.66. The Kier molecular flexibility index (Phi) is 2.89. The number of nitrogens with zero attached hydrogens (tertiary/aromatic N) is 2. The zero-order chi connectivity index (χ0) is 14.3. The molecule has 1 N–H and O–H groups in total. The third-order valence-electron chi connectivity index (χ3n) is 3.40. The second-order valence-corrected chi connectivity index (χ2v) is 4.42. The van der Waals surface area contributed by atoms with E-state index in [1.165, 1.54) is 0 Å². The lowest BCUT2D eigenvalue weighted by Gasteiger charge is -2.27. The summed E-state index contributed by atoms with van der Waals surface area (Å²) in [4.78, 5) is 17.7. The highest BCUT2D eigenvalue weighted by atomic mass is 16.5. The number of benzene rings is 1. The van der Waals surface area contributed by atoms with Crippen LogP contribution in [0, 0.1) is 0 Å². The summed E-state index contributed by atoms with van der Waals surface area (Å²) >= 11 is 0. The first-order valence-corrected chi connectivity index (χ1v) is 6.13. The molecule has 1 aromatic rings. The van der Waals surface area contributed by atoms with Crippen LogP contribution in [0.5, 0.6) is 17.2 Å². The van der Waals surface area contributed by atoms with Gasteiger partial charge in [-0.25, -0.2) is 4.99 Å². The van der Waals surface area contributed by atoms with Crippen molar-refractivity contribution in [2.45, 2.75) is 6.54 Å². The van der Waals surface area contributed by atoms with Crippen LogP contribution in [-0.4, -0.2) is 39.7 Å². The van der Waals surface area contributed by atoms with E-state index in [2.05, 4.69) is 10.3 Å². The van der Waals surface area contributed by atoms with Gasteiger partial charge in [0.2, 0.25) is 17.6 Å². The van der Waals surface area contributed by atoms with Gasteiger partial charge in [0.05, 0.1) is 33.6 Å². The Balaban J connectivity index is 2.19. The Labute approximate surface area is 116 Å². The number of anilines is 1. The van der Waals surface area contributed by atoms with E-state index >= 15 is 0 Å². The van der Waals surface area contributed by atoms with Gasteiger partial charge in [-0.15, -0.1) is 0 Å². The maximum absolute atomic E-state index is 11.5. The number of ether oxygens (including phenoxy) is 3. The number of carbonyl (C=O) groups is 1. The summed E-state index contributed by atoms with van der Waals surface area (Å²) in [6.07, 6.45) is 0. The largest absolute Gasteiger partial charge is 0.493 e. The molecule has 2 heterocycles. The molecule has 0 spiro atoms. The summed E-state index contributed by atoms with van der Waals surface area (Å²) in [7, 11) is 4.70. The van der Waals surface area contributed by atoms with Crippen LogP contribution in [0.3, 0.4) is 0 Å². The molecule has 7 nitrogen and oxygen atoms in total. The molecule has 0 bridgehead atoms. The summed E-state index contributed by atoms with van der Waals surface area (Å²) in [5, 5.41) is 2.72. The highest BCUT2D eigenvalue weighted by molar-refractivity contribution is 6.15. The minimum atomic E-state index is -0.0784. The van der Waals surface area contributed by atoms with Crippen molar-refractivity contribution in [2.75, 3.05) is 32.8 Å². The molecular weight excluding hydrogens is 262 g/mol. The maximum atomic E-state index is 11.5. The standard InChI is InChI=1S/C13H15N3O4/c1-18-9-4-8-7(11(19-2)12(9)20-3)5-14-13-15-10(17)6-16(8)13/h4H,5-6H2,1-3H3,(H,14,15,17). The Bertz CT molecular complexity index is 612. The molecule has 106 valence electrons. The second-order valence-electron chi connectivity index (χ2n) is 4.42. The van der Waals surface area contributed by atoms with Crippen LogP contribution in [0.25, 0.3) is 0 Å². The van der Waals surface area contributed by atoms with E-state index in [-0.39, 0.29) is 12.5 Å². The first-order chi connectivity index (χ1) is 9.69. The molecule has 0 aliphatic carbocycles. The zero-order valence-electron chi connectivity index (χ0n) is 11.5. The number of hydrogen-bond acceptors (Lipinski definition) is 6. The molecule has 1 aromatic carbocycles. The van der Waals surface area contributed by atoms with E-state index in [0.717, 1.165) is 11.3 Å². The molecule has 1 saturated heterocycles.